The molecule has 0 aliphatic carbocycles. The van der Waals surface area contributed by atoms with Gasteiger partial charge in [0.1, 0.15) is 0 Å². The fourth-order valence-electron chi connectivity index (χ4n) is 1.83. The Morgan fingerprint density at radius 3 is 2.56 bits per heavy atom. The highest BCUT2D eigenvalue weighted by Crippen LogP contribution is 2.21. The van der Waals surface area contributed by atoms with Crippen molar-refractivity contribution in [3.8, 4) is 0 Å². The molecule has 0 aliphatic rings. The lowest BCUT2D eigenvalue weighted by Crippen LogP contribution is -2.29. The van der Waals surface area contributed by atoms with Crippen LogP contribution in [0.15, 0.2) is 18.2 Å². The van der Waals surface area contributed by atoms with Crippen molar-refractivity contribution in [1.82, 2.24) is 5.32 Å². The Kier molecular flexibility index (Phi) is 6.03. The SMILES string of the molecule is CC(C)(CCCCl)CNCc1ccc(F)c(F)c1. The summed E-state index contributed by atoms with van der Waals surface area (Å²) in [6.45, 7) is 5.69. The van der Waals surface area contributed by atoms with Crippen LogP contribution in [-0.4, -0.2) is 12.4 Å². The predicted octanol–water partition coefficient (Wildman–Crippen LogP) is 4.10. The number of hydrogen-bond donors (Lipinski definition) is 1. The first-order valence-electron chi connectivity index (χ1n) is 6.15. The van der Waals surface area contributed by atoms with Gasteiger partial charge in [-0.15, -0.1) is 11.6 Å². The van der Waals surface area contributed by atoms with Gasteiger partial charge >= 0.3 is 0 Å². The molecular formula is C14H20ClF2N. The molecule has 1 aromatic rings. The number of benzene rings is 1. The van der Waals surface area contributed by atoms with Crippen LogP contribution in [0.3, 0.4) is 0 Å². The lowest BCUT2D eigenvalue weighted by Gasteiger charge is -2.24. The molecule has 1 N–H and O–H groups in total. The van der Waals surface area contributed by atoms with E-state index in [1.54, 1.807) is 6.07 Å². The van der Waals surface area contributed by atoms with E-state index in [9.17, 15) is 8.78 Å². The third-order valence-electron chi connectivity index (χ3n) is 2.90. The van der Waals surface area contributed by atoms with Crippen LogP contribution in [0.5, 0.6) is 0 Å². The highest BCUT2D eigenvalue weighted by atomic mass is 35.5. The Labute approximate surface area is 113 Å². The molecule has 0 fully saturated rings. The van der Waals surface area contributed by atoms with Crippen molar-refractivity contribution in [1.29, 1.82) is 0 Å². The molecule has 102 valence electrons. The highest BCUT2D eigenvalue weighted by Gasteiger charge is 2.16. The maximum Gasteiger partial charge on any atom is 0.159 e. The van der Waals surface area contributed by atoms with Crippen LogP contribution in [0.25, 0.3) is 0 Å². The smallest absolute Gasteiger partial charge is 0.159 e. The molecular weight excluding hydrogens is 256 g/mol. The number of hydrogen-bond acceptors (Lipinski definition) is 1. The van der Waals surface area contributed by atoms with Crippen molar-refractivity contribution < 1.29 is 8.78 Å². The molecule has 0 amide bonds. The van der Waals surface area contributed by atoms with Crippen LogP contribution in [0, 0.1) is 17.0 Å². The zero-order valence-corrected chi connectivity index (χ0v) is 11.7. The van der Waals surface area contributed by atoms with Gasteiger partial charge in [0.2, 0.25) is 0 Å². The molecule has 0 radical (unpaired) electrons. The zero-order valence-electron chi connectivity index (χ0n) is 10.9. The second-order valence-corrected chi connectivity index (χ2v) is 5.69. The van der Waals surface area contributed by atoms with Crippen molar-refractivity contribution in [3.05, 3.63) is 35.4 Å². The number of halogens is 3. The summed E-state index contributed by atoms with van der Waals surface area (Å²) in [5, 5.41) is 3.27. The Morgan fingerprint density at radius 1 is 1.22 bits per heavy atom. The second kappa shape index (κ2) is 7.05. The molecule has 0 bridgehead atoms. The van der Waals surface area contributed by atoms with Crippen molar-refractivity contribution in [3.63, 3.8) is 0 Å². The van der Waals surface area contributed by atoms with Gasteiger partial charge in [-0.25, -0.2) is 8.78 Å². The lowest BCUT2D eigenvalue weighted by atomic mass is 9.88. The molecule has 4 heteroatoms. The molecule has 0 spiro atoms. The maximum atomic E-state index is 13.0. The quantitative estimate of drug-likeness (QED) is 0.739. The summed E-state index contributed by atoms with van der Waals surface area (Å²) in [4.78, 5) is 0. The van der Waals surface area contributed by atoms with E-state index in [1.165, 1.54) is 6.07 Å². The van der Waals surface area contributed by atoms with Crippen LogP contribution in [0.4, 0.5) is 8.78 Å². The lowest BCUT2D eigenvalue weighted by molar-refractivity contribution is 0.311. The molecule has 0 atom stereocenters. The third-order valence-corrected chi connectivity index (χ3v) is 3.17. The van der Waals surface area contributed by atoms with Gasteiger partial charge in [-0.3, -0.25) is 0 Å². The van der Waals surface area contributed by atoms with E-state index in [4.69, 9.17) is 11.6 Å². The Balaban J connectivity index is 2.39. The van der Waals surface area contributed by atoms with Crippen LogP contribution in [0.2, 0.25) is 0 Å². The first kappa shape index (κ1) is 15.4. The molecule has 0 aliphatic heterocycles. The average molecular weight is 276 g/mol. The van der Waals surface area contributed by atoms with E-state index in [0.29, 0.717) is 12.4 Å². The molecule has 0 unspecified atom stereocenters. The van der Waals surface area contributed by atoms with Crippen LogP contribution in [-0.2, 0) is 6.54 Å². The summed E-state index contributed by atoms with van der Waals surface area (Å²) in [6.07, 6.45) is 2.03. The Hall–Kier alpha value is -0.670. The first-order chi connectivity index (χ1) is 8.44. The fourth-order valence-corrected chi connectivity index (χ4v) is 1.96. The summed E-state index contributed by atoms with van der Waals surface area (Å²) >= 11 is 5.67. The van der Waals surface area contributed by atoms with Gasteiger partial charge in [-0.05, 0) is 36.0 Å². The van der Waals surface area contributed by atoms with Gasteiger partial charge in [0.15, 0.2) is 11.6 Å². The van der Waals surface area contributed by atoms with Gasteiger partial charge in [-0.2, -0.15) is 0 Å². The number of rotatable bonds is 7. The highest BCUT2D eigenvalue weighted by molar-refractivity contribution is 6.17. The van der Waals surface area contributed by atoms with E-state index < -0.39 is 11.6 Å². The van der Waals surface area contributed by atoms with Crippen molar-refractivity contribution in [2.24, 2.45) is 5.41 Å². The molecule has 1 nitrogen and oxygen atoms in total. The van der Waals surface area contributed by atoms with Crippen LogP contribution in [0.1, 0.15) is 32.3 Å². The first-order valence-corrected chi connectivity index (χ1v) is 6.69. The van der Waals surface area contributed by atoms with Crippen LogP contribution < -0.4 is 5.32 Å². The molecule has 0 heterocycles. The average Bonchev–Trinajstić information content (AvgIpc) is 2.31. The standard InChI is InChI=1S/C14H20ClF2N/c1-14(2,6-3-7-15)10-18-9-11-4-5-12(16)13(17)8-11/h4-5,8,18H,3,6-7,9-10H2,1-2H3. The molecule has 1 aromatic carbocycles. The minimum Gasteiger partial charge on any atom is -0.312 e. The molecule has 18 heavy (non-hydrogen) atoms. The Morgan fingerprint density at radius 2 is 1.94 bits per heavy atom. The minimum atomic E-state index is -0.804. The van der Waals surface area contributed by atoms with Gasteiger partial charge in [0.05, 0.1) is 0 Å². The van der Waals surface area contributed by atoms with E-state index in [0.717, 1.165) is 31.0 Å². The second-order valence-electron chi connectivity index (χ2n) is 5.31. The van der Waals surface area contributed by atoms with Gasteiger partial charge in [0.25, 0.3) is 0 Å². The van der Waals surface area contributed by atoms with E-state index >= 15 is 0 Å². The molecule has 0 saturated carbocycles. The number of nitrogens with one attached hydrogen (secondary N) is 1. The zero-order chi connectivity index (χ0) is 13.6. The fraction of sp³-hybridized carbons (Fsp3) is 0.571. The summed E-state index contributed by atoms with van der Waals surface area (Å²) < 4.78 is 25.7. The molecule has 0 aromatic heterocycles. The maximum absolute atomic E-state index is 13.0. The summed E-state index contributed by atoms with van der Waals surface area (Å²) in [6, 6.07) is 3.98. The third kappa shape index (κ3) is 5.32. The van der Waals surface area contributed by atoms with Crippen molar-refractivity contribution >= 4 is 11.6 Å². The van der Waals surface area contributed by atoms with Gasteiger partial charge in [-0.1, -0.05) is 19.9 Å². The Bertz CT molecular complexity index is 380. The molecule has 0 saturated heterocycles. The van der Waals surface area contributed by atoms with Gasteiger partial charge in [0, 0.05) is 19.0 Å². The van der Waals surface area contributed by atoms with E-state index in [-0.39, 0.29) is 5.41 Å². The summed E-state index contributed by atoms with van der Waals surface area (Å²) in [5.74, 6) is -0.927. The van der Waals surface area contributed by atoms with Crippen molar-refractivity contribution in [2.75, 3.05) is 12.4 Å². The normalized spacial score (nSPS) is 11.8. The van der Waals surface area contributed by atoms with Gasteiger partial charge < -0.3 is 5.32 Å². The summed E-state index contributed by atoms with van der Waals surface area (Å²) in [5.41, 5.74) is 0.912. The van der Waals surface area contributed by atoms with E-state index in [1.807, 2.05) is 0 Å². The largest absolute Gasteiger partial charge is 0.312 e. The predicted molar refractivity (Wildman–Crippen MR) is 71.8 cm³/mol. The van der Waals surface area contributed by atoms with E-state index in [2.05, 4.69) is 19.2 Å². The number of alkyl halides is 1. The topological polar surface area (TPSA) is 12.0 Å². The summed E-state index contributed by atoms with van der Waals surface area (Å²) in [7, 11) is 0. The van der Waals surface area contributed by atoms with Crippen molar-refractivity contribution in [2.45, 2.75) is 33.2 Å². The monoisotopic (exact) mass is 275 g/mol. The minimum absolute atomic E-state index is 0.160. The molecule has 1 rings (SSSR count). The van der Waals surface area contributed by atoms with Crippen LogP contribution >= 0.6 is 11.6 Å².